The molecule has 0 aliphatic carbocycles. The van der Waals surface area contributed by atoms with E-state index in [2.05, 4.69) is 4.98 Å². The van der Waals surface area contributed by atoms with Gasteiger partial charge in [-0.25, -0.2) is 13.4 Å². The van der Waals surface area contributed by atoms with Crippen molar-refractivity contribution in [3.8, 4) is 0 Å². The third-order valence-corrected chi connectivity index (χ3v) is 7.03. The van der Waals surface area contributed by atoms with Crippen LogP contribution in [0.4, 0.5) is 0 Å². The normalized spacial score (nSPS) is 15.8. The molecular formula is C17H19N3O4S2. The van der Waals surface area contributed by atoms with Gasteiger partial charge >= 0.3 is 0 Å². The second-order valence-corrected chi connectivity index (χ2v) is 9.20. The summed E-state index contributed by atoms with van der Waals surface area (Å²) in [6, 6.07) is 6.04. The molecule has 2 heterocycles. The van der Waals surface area contributed by atoms with Gasteiger partial charge in [-0.3, -0.25) is 9.59 Å². The molecule has 138 valence electrons. The van der Waals surface area contributed by atoms with Crippen LogP contribution in [0.2, 0.25) is 0 Å². The minimum Gasteiger partial charge on any atom is -0.335 e. The van der Waals surface area contributed by atoms with Crippen LogP contribution >= 0.6 is 11.3 Å². The summed E-state index contributed by atoms with van der Waals surface area (Å²) >= 11 is 1.33. The lowest BCUT2D eigenvalue weighted by molar-refractivity contribution is 0.0702. The number of sulfonamides is 1. The summed E-state index contributed by atoms with van der Waals surface area (Å²) in [6.45, 7) is 4.31. The van der Waals surface area contributed by atoms with Crippen LogP contribution in [-0.4, -0.2) is 60.5 Å². The molecule has 0 atom stereocenters. The van der Waals surface area contributed by atoms with Crippen molar-refractivity contribution in [2.24, 2.45) is 0 Å². The average molecular weight is 393 g/mol. The second-order valence-electron chi connectivity index (χ2n) is 6.02. The number of hydrogen-bond donors (Lipinski definition) is 0. The van der Waals surface area contributed by atoms with Crippen LogP contribution in [0.5, 0.6) is 0 Å². The van der Waals surface area contributed by atoms with Crippen LogP contribution in [0.1, 0.15) is 32.0 Å². The molecule has 9 heteroatoms. The molecule has 0 radical (unpaired) electrons. The van der Waals surface area contributed by atoms with Crippen molar-refractivity contribution in [2.75, 3.05) is 26.2 Å². The van der Waals surface area contributed by atoms with Gasteiger partial charge in [-0.15, -0.1) is 11.3 Å². The van der Waals surface area contributed by atoms with E-state index >= 15 is 0 Å². The zero-order valence-corrected chi connectivity index (χ0v) is 16.1. The van der Waals surface area contributed by atoms with Gasteiger partial charge in [0, 0.05) is 31.7 Å². The number of thiazole rings is 1. The fraction of sp³-hybridized carbons (Fsp3) is 0.353. The van der Waals surface area contributed by atoms with E-state index in [1.54, 1.807) is 23.2 Å². The fourth-order valence-corrected chi connectivity index (χ4v) is 4.99. The van der Waals surface area contributed by atoms with Crippen molar-refractivity contribution in [1.29, 1.82) is 0 Å². The summed E-state index contributed by atoms with van der Waals surface area (Å²) in [6.07, 6.45) is 1.55. The lowest BCUT2D eigenvalue weighted by Crippen LogP contribution is -2.50. The molecule has 1 amide bonds. The largest absolute Gasteiger partial charge is 0.335 e. The first-order valence-corrected chi connectivity index (χ1v) is 10.4. The Kier molecular flexibility index (Phi) is 5.22. The Balaban J connectivity index is 1.72. The van der Waals surface area contributed by atoms with Crippen molar-refractivity contribution in [3.05, 3.63) is 45.9 Å². The molecular weight excluding hydrogens is 374 g/mol. The number of rotatable bonds is 4. The molecule has 1 aromatic heterocycles. The third-order valence-electron chi connectivity index (χ3n) is 4.24. The highest BCUT2D eigenvalue weighted by molar-refractivity contribution is 7.89. The van der Waals surface area contributed by atoms with Gasteiger partial charge in [-0.2, -0.15) is 4.31 Å². The van der Waals surface area contributed by atoms with Gasteiger partial charge in [0.2, 0.25) is 10.0 Å². The Hall–Kier alpha value is -2.10. The van der Waals surface area contributed by atoms with Gasteiger partial charge in [-0.1, -0.05) is 12.1 Å². The molecule has 3 rings (SSSR count). The summed E-state index contributed by atoms with van der Waals surface area (Å²) in [7, 11) is -3.69. The molecule has 0 spiro atoms. The van der Waals surface area contributed by atoms with Gasteiger partial charge in [0.1, 0.15) is 4.88 Å². The highest BCUT2D eigenvalue weighted by Gasteiger charge is 2.31. The second kappa shape index (κ2) is 7.26. The Morgan fingerprint density at radius 1 is 1.15 bits per heavy atom. The number of Topliss-reactive ketones (excluding diaryl/α,β-unsaturated/α-hetero) is 1. The zero-order valence-electron chi connectivity index (χ0n) is 14.5. The lowest BCUT2D eigenvalue weighted by atomic mass is 10.2. The molecule has 2 aromatic rings. The number of aryl methyl sites for hydroxylation is 1. The van der Waals surface area contributed by atoms with Crippen molar-refractivity contribution in [2.45, 2.75) is 18.7 Å². The molecule has 0 unspecified atom stereocenters. The number of ketones is 1. The quantitative estimate of drug-likeness (QED) is 0.739. The third kappa shape index (κ3) is 3.69. The van der Waals surface area contributed by atoms with Gasteiger partial charge < -0.3 is 4.90 Å². The van der Waals surface area contributed by atoms with E-state index < -0.39 is 10.0 Å². The molecule has 1 aromatic carbocycles. The topological polar surface area (TPSA) is 87.7 Å². The number of aromatic nitrogens is 1. The first kappa shape index (κ1) is 18.7. The predicted octanol–water partition coefficient (Wildman–Crippen LogP) is 1.80. The Bertz CT molecular complexity index is 944. The van der Waals surface area contributed by atoms with Gasteiger partial charge in [0.05, 0.1) is 16.1 Å². The van der Waals surface area contributed by atoms with E-state index in [0.717, 1.165) is 5.01 Å². The number of carbonyl (C=O) groups is 2. The van der Waals surface area contributed by atoms with Crippen LogP contribution in [0.3, 0.4) is 0 Å². The summed E-state index contributed by atoms with van der Waals surface area (Å²) in [5.41, 5.74) is 0.362. The maximum Gasteiger partial charge on any atom is 0.265 e. The summed E-state index contributed by atoms with van der Waals surface area (Å²) in [5, 5.41) is 0.819. The Labute approximate surface area is 156 Å². The number of benzene rings is 1. The van der Waals surface area contributed by atoms with Gasteiger partial charge in [0.15, 0.2) is 5.78 Å². The molecule has 1 saturated heterocycles. The molecule has 0 N–H and O–H groups in total. The van der Waals surface area contributed by atoms with Crippen molar-refractivity contribution in [1.82, 2.24) is 14.2 Å². The maximum absolute atomic E-state index is 12.8. The lowest BCUT2D eigenvalue weighted by Gasteiger charge is -2.33. The SMILES string of the molecule is CC(=O)c1cccc(S(=O)(=O)N2CCN(C(=O)c3cnc(C)s3)CC2)c1. The summed E-state index contributed by atoms with van der Waals surface area (Å²) < 4.78 is 27.0. The number of amides is 1. The van der Waals surface area contributed by atoms with Crippen LogP contribution < -0.4 is 0 Å². The molecule has 0 bridgehead atoms. The first-order chi connectivity index (χ1) is 12.3. The van der Waals surface area contributed by atoms with E-state index in [9.17, 15) is 18.0 Å². The number of carbonyl (C=O) groups excluding carboxylic acids is 2. The molecule has 1 aliphatic heterocycles. The highest BCUT2D eigenvalue weighted by atomic mass is 32.2. The minimum absolute atomic E-state index is 0.100. The van der Waals surface area contributed by atoms with Crippen LogP contribution in [0.15, 0.2) is 35.4 Å². The number of nitrogens with zero attached hydrogens (tertiary/aromatic N) is 3. The summed E-state index contributed by atoms with van der Waals surface area (Å²) in [5.74, 6) is -0.302. The smallest absolute Gasteiger partial charge is 0.265 e. The molecule has 7 nitrogen and oxygen atoms in total. The zero-order chi connectivity index (χ0) is 18.9. The molecule has 1 fully saturated rings. The standard InChI is InChI=1S/C17H19N3O4S2/c1-12(21)14-4-3-5-15(10-14)26(23,24)20-8-6-19(7-9-20)17(22)16-11-18-13(2)25-16/h3-5,10-11H,6-9H2,1-2H3. The Morgan fingerprint density at radius 3 is 2.42 bits per heavy atom. The van der Waals surface area contributed by atoms with Crippen LogP contribution in [-0.2, 0) is 10.0 Å². The molecule has 26 heavy (non-hydrogen) atoms. The number of piperazine rings is 1. The van der Waals surface area contributed by atoms with Crippen molar-refractivity contribution in [3.63, 3.8) is 0 Å². The minimum atomic E-state index is -3.69. The predicted molar refractivity (Wildman–Crippen MR) is 98.0 cm³/mol. The van der Waals surface area contributed by atoms with Crippen LogP contribution in [0.25, 0.3) is 0 Å². The van der Waals surface area contributed by atoms with E-state index in [1.807, 2.05) is 6.92 Å². The van der Waals surface area contributed by atoms with E-state index in [-0.39, 0.29) is 29.7 Å². The monoisotopic (exact) mass is 393 g/mol. The van der Waals surface area contributed by atoms with Crippen molar-refractivity contribution >= 4 is 33.1 Å². The maximum atomic E-state index is 12.8. The van der Waals surface area contributed by atoms with Crippen LogP contribution in [0, 0.1) is 6.92 Å². The van der Waals surface area contributed by atoms with Gasteiger partial charge in [-0.05, 0) is 26.0 Å². The summed E-state index contributed by atoms with van der Waals surface area (Å²) in [4.78, 5) is 30.3. The van der Waals surface area contributed by atoms with E-state index in [1.165, 1.54) is 34.7 Å². The van der Waals surface area contributed by atoms with Gasteiger partial charge in [0.25, 0.3) is 5.91 Å². The van der Waals surface area contributed by atoms with E-state index in [4.69, 9.17) is 0 Å². The van der Waals surface area contributed by atoms with E-state index in [0.29, 0.717) is 23.5 Å². The number of hydrogen-bond acceptors (Lipinski definition) is 6. The average Bonchev–Trinajstić information content (AvgIpc) is 3.07. The fourth-order valence-electron chi connectivity index (χ4n) is 2.77. The molecule has 1 aliphatic rings. The Morgan fingerprint density at radius 2 is 1.85 bits per heavy atom. The molecule has 0 saturated carbocycles. The highest BCUT2D eigenvalue weighted by Crippen LogP contribution is 2.21. The first-order valence-electron chi connectivity index (χ1n) is 8.12. The van der Waals surface area contributed by atoms with Crippen molar-refractivity contribution < 1.29 is 18.0 Å².